The number of ether oxygens (including phenoxy) is 2. The van der Waals surface area contributed by atoms with Crippen molar-refractivity contribution in [2.24, 2.45) is 0 Å². The normalized spacial score (nSPS) is 25.2. The third kappa shape index (κ3) is 10.0. The summed E-state index contributed by atoms with van der Waals surface area (Å²) in [5.41, 5.74) is 1.50. The van der Waals surface area contributed by atoms with E-state index >= 15 is 0 Å². The van der Waals surface area contributed by atoms with E-state index in [1.165, 1.54) is 0 Å². The minimum Gasteiger partial charge on any atom is -0.460 e. The van der Waals surface area contributed by atoms with Crippen LogP contribution in [0.25, 0.3) is 0 Å². The molecule has 0 saturated carbocycles. The molecule has 1 aliphatic heterocycles. The molecule has 1 fully saturated rings. The van der Waals surface area contributed by atoms with Crippen LogP contribution in [-0.4, -0.2) is 57.7 Å². The van der Waals surface area contributed by atoms with Crippen LogP contribution < -0.4 is 10.1 Å². The Bertz CT molecular complexity index is 697. The summed E-state index contributed by atoms with van der Waals surface area (Å²) in [7, 11) is 0. The predicted molar refractivity (Wildman–Crippen MR) is 90.6 cm³/mol. The SMILES string of the molecule is OC[C@H]1OC(Oc2ccccc2Nc2ccccc2)C(O)C(O)C1O.[Ac].[Ac].[Ac].[Ac]. The Morgan fingerprint density at radius 3 is 2.00 bits per heavy atom. The zero-order chi connectivity index (χ0) is 17.8. The van der Waals surface area contributed by atoms with Crippen LogP contribution >= 0.6 is 0 Å². The van der Waals surface area contributed by atoms with Crippen LogP contribution in [-0.2, 0) is 4.74 Å². The van der Waals surface area contributed by atoms with Gasteiger partial charge in [0.15, 0.2) is 0 Å². The summed E-state index contributed by atoms with van der Waals surface area (Å²) < 4.78 is 11.1. The second-order valence-electron chi connectivity index (χ2n) is 5.80. The Morgan fingerprint density at radius 1 is 0.793 bits per heavy atom. The third-order valence-electron chi connectivity index (χ3n) is 4.03. The fraction of sp³-hybridized carbons (Fsp3) is 0.333. The number of hydrogen-bond acceptors (Lipinski definition) is 7. The van der Waals surface area contributed by atoms with Crippen molar-refractivity contribution in [2.45, 2.75) is 30.7 Å². The first-order chi connectivity index (χ1) is 12.1. The van der Waals surface area contributed by atoms with Gasteiger partial charge in [-0.05, 0) is 24.3 Å². The van der Waals surface area contributed by atoms with E-state index in [1.54, 1.807) is 18.2 Å². The van der Waals surface area contributed by atoms with Crippen molar-refractivity contribution in [2.75, 3.05) is 11.9 Å². The van der Waals surface area contributed by atoms with Gasteiger partial charge in [-0.2, -0.15) is 0 Å². The van der Waals surface area contributed by atoms with Crippen molar-refractivity contribution >= 4 is 11.4 Å². The molecular weight excluding hydrogens is 1230 g/mol. The van der Waals surface area contributed by atoms with E-state index < -0.39 is 37.3 Å². The van der Waals surface area contributed by atoms with Gasteiger partial charge < -0.3 is 35.2 Å². The van der Waals surface area contributed by atoms with E-state index in [2.05, 4.69) is 5.32 Å². The molecule has 2 aromatic carbocycles. The monoisotopic (exact) mass is 1260 g/mol. The van der Waals surface area contributed by atoms with Crippen molar-refractivity contribution < 1.29 is 206 Å². The Kier molecular flexibility index (Phi) is 21.5. The maximum atomic E-state index is 10.1. The second kappa shape index (κ2) is 18.0. The van der Waals surface area contributed by atoms with Gasteiger partial charge in [-0.3, -0.25) is 0 Å². The van der Waals surface area contributed by atoms with Gasteiger partial charge in [0, 0.05) is 182 Å². The number of hydrogen-bond donors (Lipinski definition) is 5. The first-order valence-corrected chi connectivity index (χ1v) is 7.98. The molecule has 0 spiro atoms. The number of aliphatic hydroxyl groups is 4. The molecule has 2 aromatic rings. The van der Waals surface area contributed by atoms with E-state index in [9.17, 15) is 20.4 Å². The Labute approximate surface area is 313 Å². The molecule has 1 heterocycles. The summed E-state index contributed by atoms with van der Waals surface area (Å²) in [6.45, 7) is -0.505. The third-order valence-corrected chi connectivity index (χ3v) is 4.03. The van der Waals surface area contributed by atoms with Crippen LogP contribution in [0.2, 0.25) is 0 Å². The van der Waals surface area contributed by atoms with E-state index in [4.69, 9.17) is 9.47 Å². The van der Waals surface area contributed by atoms with Crippen LogP contribution in [0.5, 0.6) is 5.75 Å². The molecule has 0 aromatic heterocycles. The molecule has 4 unspecified atom stereocenters. The summed E-state index contributed by atoms with van der Waals surface area (Å²) in [5.74, 6) is 0.399. The molecule has 7 nitrogen and oxygen atoms in total. The Morgan fingerprint density at radius 2 is 1.38 bits per heavy atom. The van der Waals surface area contributed by atoms with Crippen molar-refractivity contribution in [3.63, 3.8) is 0 Å². The molecule has 0 amide bonds. The molecule has 0 aliphatic carbocycles. The molecular formula is C18H21Ac4NO6. The predicted octanol–water partition coefficient (Wildman–Crippen LogP) is 0.609. The summed E-state index contributed by atoms with van der Waals surface area (Å²) >= 11 is 0. The zero-order valence-corrected chi connectivity index (χ0v) is 34.7. The fourth-order valence-corrected chi connectivity index (χ4v) is 2.64. The summed E-state index contributed by atoms with van der Waals surface area (Å²) in [6, 6.07) is 16.5. The molecule has 146 valence electrons. The first kappa shape index (κ1) is 34.8. The summed E-state index contributed by atoms with van der Waals surface area (Å²) in [6.07, 6.45) is -6.60. The Balaban J connectivity index is 0. The molecule has 4 radical (unpaired) electrons. The molecule has 0 bridgehead atoms. The van der Waals surface area contributed by atoms with Crippen LogP contribution in [0.1, 0.15) is 0 Å². The number of aliphatic hydroxyl groups excluding tert-OH is 4. The van der Waals surface area contributed by atoms with E-state index in [-0.39, 0.29) is 176 Å². The topological polar surface area (TPSA) is 111 Å². The van der Waals surface area contributed by atoms with Crippen LogP contribution in [0.3, 0.4) is 0 Å². The van der Waals surface area contributed by atoms with Gasteiger partial charge in [-0.1, -0.05) is 30.3 Å². The fourth-order valence-electron chi connectivity index (χ4n) is 2.64. The van der Waals surface area contributed by atoms with Crippen molar-refractivity contribution in [3.05, 3.63) is 54.6 Å². The maximum absolute atomic E-state index is 10.1. The summed E-state index contributed by atoms with van der Waals surface area (Å²) in [4.78, 5) is 0. The van der Waals surface area contributed by atoms with Gasteiger partial charge >= 0.3 is 0 Å². The van der Waals surface area contributed by atoms with Gasteiger partial charge in [0.1, 0.15) is 30.2 Å². The number of para-hydroxylation sites is 3. The van der Waals surface area contributed by atoms with E-state index in [0.717, 1.165) is 5.69 Å². The van der Waals surface area contributed by atoms with Crippen LogP contribution in [0.4, 0.5) is 11.4 Å². The maximum Gasteiger partial charge on any atom is 0.229 e. The van der Waals surface area contributed by atoms with E-state index in [1.807, 2.05) is 36.4 Å². The smallest absolute Gasteiger partial charge is 0.229 e. The minimum absolute atomic E-state index is 0. The molecule has 5 atom stereocenters. The molecule has 11 heteroatoms. The number of anilines is 2. The van der Waals surface area contributed by atoms with Gasteiger partial charge in [-0.15, -0.1) is 0 Å². The van der Waals surface area contributed by atoms with Gasteiger partial charge in [0.2, 0.25) is 6.29 Å². The Hall–Kier alpha value is 3.61. The minimum atomic E-state index is -1.48. The largest absolute Gasteiger partial charge is 0.460 e. The van der Waals surface area contributed by atoms with Gasteiger partial charge in [0.25, 0.3) is 0 Å². The molecule has 3 rings (SSSR count). The molecule has 5 N–H and O–H groups in total. The van der Waals surface area contributed by atoms with E-state index in [0.29, 0.717) is 11.4 Å². The van der Waals surface area contributed by atoms with Crippen LogP contribution in [0, 0.1) is 176 Å². The first-order valence-electron chi connectivity index (χ1n) is 7.98. The standard InChI is InChI=1S/C18H21NO6.4Ac/c20-10-14-15(21)16(22)17(23)18(25-14)24-13-9-5-4-8-12(13)19-11-6-2-1-3-7-11;;;;/h1-9,14-23H,10H2;;;;/t14-,15?,16?,17?,18?;;;;/m1..../s1. The molecule has 29 heavy (non-hydrogen) atoms. The summed E-state index contributed by atoms with van der Waals surface area (Å²) in [5, 5.41) is 42.2. The second-order valence-corrected chi connectivity index (χ2v) is 5.80. The average molecular weight is 1260 g/mol. The van der Waals surface area contributed by atoms with Crippen molar-refractivity contribution in [1.29, 1.82) is 0 Å². The van der Waals surface area contributed by atoms with Gasteiger partial charge in [-0.25, -0.2) is 0 Å². The van der Waals surface area contributed by atoms with Gasteiger partial charge in [0.05, 0.1) is 12.3 Å². The number of benzene rings is 2. The van der Waals surface area contributed by atoms with Crippen molar-refractivity contribution in [3.8, 4) is 5.75 Å². The molecule has 1 aliphatic rings. The molecule has 1 saturated heterocycles. The average Bonchev–Trinajstić information content (AvgIpc) is 2.64. The zero-order valence-electron chi connectivity index (χ0n) is 15.7. The number of nitrogens with one attached hydrogen (secondary N) is 1. The van der Waals surface area contributed by atoms with Crippen LogP contribution in [0.15, 0.2) is 54.6 Å². The number of rotatable bonds is 5. The van der Waals surface area contributed by atoms with Crippen molar-refractivity contribution in [1.82, 2.24) is 0 Å². The quantitative estimate of drug-likeness (QED) is 0.299.